The number of likely N-dealkylation sites (N-methyl/N-ethyl adjacent to an activating group) is 1. The number of rotatable bonds is 18. The van der Waals surface area contributed by atoms with Gasteiger partial charge in [-0.05, 0) is 44.9 Å². The minimum atomic E-state index is -1.20. The second-order valence-electron chi connectivity index (χ2n) is 8.76. The third-order valence-corrected chi connectivity index (χ3v) is 4.35. The molecule has 0 aromatic heterocycles. The van der Waals surface area contributed by atoms with Crippen LogP contribution in [-0.4, -0.2) is 50.2 Å². The summed E-state index contributed by atoms with van der Waals surface area (Å²) in [5, 5.41) is 10.9. The molecule has 5 nitrogen and oxygen atoms in total. The van der Waals surface area contributed by atoms with Crippen molar-refractivity contribution in [1.82, 2.24) is 0 Å². The van der Waals surface area contributed by atoms with E-state index >= 15 is 0 Å². The summed E-state index contributed by atoms with van der Waals surface area (Å²) in [6.07, 6.45) is 27.3. The van der Waals surface area contributed by atoms with Crippen LogP contribution in [0.1, 0.15) is 64.7 Å². The summed E-state index contributed by atoms with van der Waals surface area (Å²) in [5.74, 6) is -1.55. The van der Waals surface area contributed by atoms with Gasteiger partial charge >= 0.3 is 5.97 Å². The minimum Gasteiger partial charge on any atom is -0.550 e. The highest BCUT2D eigenvalue weighted by Gasteiger charge is 2.22. The monoisotopic (exact) mass is 445 g/mol. The Morgan fingerprint density at radius 2 is 1.28 bits per heavy atom. The number of esters is 1. The summed E-state index contributed by atoms with van der Waals surface area (Å²) in [7, 11) is 5.78. The highest BCUT2D eigenvalue weighted by atomic mass is 16.5. The van der Waals surface area contributed by atoms with Crippen LogP contribution >= 0.6 is 0 Å². The van der Waals surface area contributed by atoms with Gasteiger partial charge in [-0.2, -0.15) is 0 Å². The van der Waals surface area contributed by atoms with Gasteiger partial charge < -0.3 is 19.1 Å². The average Bonchev–Trinajstić information content (AvgIpc) is 2.68. The fourth-order valence-electron chi connectivity index (χ4n) is 2.92. The summed E-state index contributed by atoms with van der Waals surface area (Å²) in [6.45, 7) is 2.58. The fourth-order valence-corrected chi connectivity index (χ4v) is 2.92. The lowest BCUT2D eigenvalue weighted by molar-refractivity contribution is -0.873. The number of carboxylic acids is 1. The molecule has 0 spiro atoms. The molecular weight excluding hydrogens is 402 g/mol. The molecule has 0 amide bonds. The Bertz CT molecular complexity index is 651. The summed E-state index contributed by atoms with van der Waals surface area (Å²) in [4.78, 5) is 22.9. The SMILES string of the molecule is CC/C=C\C/C=C\C/C=C\C/C=C\CC=CCCCC(=O)O[C@H](CC(=O)[O-])C[N+](C)(C)C. The normalized spacial score (nSPS) is 13.9. The van der Waals surface area contributed by atoms with E-state index in [4.69, 9.17) is 4.74 Å². The summed E-state index contributed by atoms with van der Waals surface area (Å²) in [6, 6.07) is 0. The third kappa shape index (κ3) is 22.3. The molecule has 0 aliphatic carbocycles. The fraction of sp³-hybridized carbons (Fsp3) is 0.556. The number of hydrogen-bond acceptors (Lipinski definition) is 4. The molecule has 180 valence electrons. The van der Waals surface area contributed by atoms with E-state index in [0.29, 0.717) is 17.4 Å². The van der Waals surface area contributed by atoms with Gasteiger partial charge in [0.05, 0.1) is 21.1 Å². The maximum absolute atomic E-state index is 12.0. The molecule has 0 unspecified atom stereocenters. The van der Waals surface area contributed by atoms with Crippen molar-refractivity contribution in [3.63, 3.8) is 0 Å². The van der Waals surface area contributed by atoms with Crippen molar-refractivity contribution in [2.75, 3.05) is 27.7 Å². The zero-order valence-corrected chi connectivity index (χ0v) is 20.5. The van der Waals surface area contributed by atoms with E-state index in [0.717, 1.165) is 38.5 Å². The predicted molar refractivity (Wildman–Crippen MR) is 131 cm³/mol. The van der Waals surface area contributed by atoms with Gasteiger partial charge in [0.25, 0.3) is 0 Å². The number of hydrogen-bond donors (Lipinski definition) is 0. The summed E-state index contributed by atoms with van der Waals surface area (Å²) in [5.41, 5.74) is 0. The number of carbonyl (C=O) groups excluding carboxylic acids is 2. The number of carbonyl (C=O) groups is 2. The van der Waals surface area contributed by atoms with E-state index in [1.807, 2.05) is 21.1 Å². The van der Waals surface area contributed by atoms with Gasteiger partial charge in [-0.25, -0.2) is 0 Å². The van der Waals surface area contributed by atoms with Crippen LogP contribution in [0.25, 0.3) is 0 Å². The van der Waals surface area contributed by atoms with Crippen molar-refractivity contribution in [1.29, 1.82) is 0 Å². The van der Waals surface area contributed by atoms with Crippen LogP contribution < -0.4 is 5.11 Å². The third-order valence-electron chi connectivity index (χ3n) is 4.35. The smallest absolute Gasteiger partial charge is 0.306 e. The molecule has 0 aliphatic rings. The Hall–Kier alpha value is -2.40. The first-order valence-electron chi connectivity index (χ1n) is 11.7. The highest BCUT2D eigenvalue weighted by Crippen LogP contribution is 2.08. The summed E-state index contributed by atoms with van der Waals surface area (Å²) >= 11 is 0. The maximum atomic E-state index is 12.0. The van der Waals surface area contributed by atoms with E-state index in [9.17, 15) is 14.7 Å². The number of unbranched alkanes of at least 4 members (excludes halogenated alkanes) is 1. The molecule has 0 rings (SSSR count). The van der Waals surface area contributed by atoms with Crippen molar-refractivity contribution in [2.45, 2.75) is 70.8 Å². The van der Waals surface area contributed by atoms with E-state index in [1.54, 1.807) is 0 Å². The Morgan fingerprint density at radius 3 is 1.72 bits per heavy atom. The predicted octanol–water partition coefficient (Wildman–Crippen LogP) is 4.67. The molecule has 0 saturated heterocycles. The molecule has 5 heteroatoms. The lowest BCUT2D eigenvalue weighted by Crippen LogP contribution is -2.45. The van der Waals surface area contributed by atoms with Crippen LogP contribution in [0.15, 0.2) is 60.8 Å². The number of carboxylic acid groups (broad SMARTS) is 1. The Labute approximate surface area is 195 Å². The van der Waals surface area contributed by atoms with Gasteiger partial charge in [-0.1, -0.05) is 67.7 Å². The van der Waals surface area contributed by atoms with E-state index in [2.05, 4.69) is 67.7 Å². The van der Waals surface area contributed by atoms with Crippen LogP contribution in [0.2, 0.25) is 0 Å². The van der Waals surface area contributed by atoms with Crippen molar-refractivity contribution < 1.29 is 23.9 Å². The van der Waals surface area contributed by atoms with Crippen LogP contribution in [0.3, 0.4) is 0 Å². The molecule has 0 aromatic carbocycles. The largest absolute Gasteiger partial charge is 0.550 e. The Balaban J connectivity index is 3.89. The number of aliphatic carboxylic acids is 1. The van der Waals surface area contributed by atoms with Crippen LogP contribution in [0.4, 0.5) is 0 Å². The van der Waals surface area contributed by atoms with Gasteiger partial charge in [0.2, 0.25) is 0 Å². The van der Waals surface area contributed by atoms with E-state index in [1.165, 1.54) is 0 Å². The van der Waals surface area contributed by atoms with Crippen molar-refractivity contribution in [3.05, 3.63) is 60.8 Å². The van der Waals surface area contributed by atoms with Crippen molar-refractivity contribution in [3.8, 4) is 0 Å². The second kappa shape index (κ2) is 19.3. The van der Waals surface area contributed by atoms with Crippen molar-refractivity contribution in [2.24, 2.45) is 0 Å². The van der Waals surface area contributed by atoms with Gasteiger partial charge in [0.15, 0.2) is 6.10 Å². The van der Waals surface area contributed by atoms with Gasteiger partial charge in [0, 0.05) is 18.8 Å². The second-order valence-corrected chi connectivity index (χ2v) is 8.76. The summed E-state index contributed by atoms with van der Waals surface area (Å²) < 4.78 is 5.86. The van der Waals surface area contributed by atoms with Gasteiger partial charge in [-0.15, -0.1) is 0 Å². The van der Waals surface area contributed by atoms with Crippen LogP contribution in [0.5, 0.6) is 0 Å². The zero-order chi connectivity index (χ0) is 24.1. The number of allylic oxidation sites excluding steroid dienone is 10. The first-order valence-corrected chi connectivity index (χ1v) is 11.7. The van der Waals surface area contributed by atoms with E-state index < -0.39 is 12.1 Å². The van der Waals surface area contributed by atoms with Gasteiger partial charge in [-0.3, -0.25) is 4.79 Å². The molecular formula is C27H43NO4. The number of quaternary nitrogens is 1. The quantitative estimate of drug-likeness (QED) is 0.133. The Kier molecular flexibility index (Phi) is 17.9. The first-order chi connectivity index (χ1) is 15.2. The molecule has 0 fully saturated rings. The van der Waals surface area contributed by atoms with E-state index in [-0.39, 0.29) is 18.8 Å². The lowest BCUT2D eigenvalue weighted by Gasteiger charge is -2.29. The van der Waals surface area contributed by atoms with Crippen LogP contribution in [0, 0.1) is 0 Å². The standard InChI is InChI=1S/C27H43NO4/c1-5-6-7-8-9-10-11-12-13-14-15-16-17-18-19-20-21-22-27(31)32-25(23-26(29)30)24-28(2,3)4/h6-7,9-10,12-13,15-16,18-19,25H,5,8,11,14,17,20-24H2,1-4H3/b7-6-,10-9-,13-12-,16-15-,19-18?/t25-/m1/s1. The Morgan fingerprint density at radius 1 is 0.812 bits per heavy atom. The molecule has 0 aliphatic heterocycles. The molecule has 0 saturated carbocycles. The topological polar surface area (TPSA) is 66.4 Å². The lowest BCUT2D eigenvalue weighted by atomic mass is 10.2. The molecule has 1 atom stereocenters. The molecule has 0 bridgehead atoms. The molecule has 0 radical (unpaired) electrons. The minimum absolute atomic E-state index is 0.268. The molecule has 0 aromatic rings. The van der Waals surface area contributed by atoms with Crippen molar-refractivity contribution >= 4 is 11.9 Å². The molecule has 0 heterocycles. The average molecular weight is 446 g/mol. The zero-order valence-electron chi connectivity index (χ0n) is 20.5. The maximum Gasteiger partial charge on any atom is 0.306 e. The number of ether oxygens (including phenoxy) is 1. The van der Waals surface area contributed by atoms with Crippen LogP contribution in [-0.2, 0) is 14.3 Å². The number of nitrogens with zero attached hydrogens (tertiary/aromatic N) is 1. The first kappa shape index (κ1) is 29.6. The molecule has 0 N–H and O–H groups in total. The molecule has 32 heavy (non-hydrogen) atoms. The van der Waals surface area contributed by atoms with Gasteiger partial charge in [0.1, 0.15) is 6.54 Å². The highest BCUT2D eigenvalue weighted by molar-refractivity contribution is 5.70.